The van der Waals surface area contributed by atoms with Crippen molar-refractivity contribution < 1.29 is 30.4 Å². The molecule has 0 aromatic heterocycles. The van der Waals surface area contributed by atoms with Gasteiger partial charge in [0.1, 0.15) is 11.4 Å². The summed E-state index contributed by atoms with van der Waals surface area (Å²) in [7, 11) is -8.61. The van der Waals surface area contributed by atoms with Crippen molar-refractivity contribution in [3.8, 4) is 0 Å². The van der Waals surface area contributed by atoms with Gasteiger partial charge < -0.3 is 11.5 Å². The zero-order valence-electron chi connectivity index (χ0n) is 20.3. The number of sulfone groups is 1. The van der Waals surface area contributed by atoms with Gasteiger partial charge in [-0.2, -0.15) is 18.6 Å². The van der Waals surface area contributed by atoms with Crippen LogP contribution in [0.5, 0.6) is 0 Å². The Hall–Kier alpha value is -4.05. The molecule has 0 heterocycles. The van der Waals surface area contributed by atoms with Gasteiger partial charge in [0.15, 0.2) is 15.6 Å². The Morgan fingerprint density at radius 2 is 1.55 bits per heavy atom. The van der Waals surface area contributed by atoms with Crippen molar-refractivity contribution >= 4 is 60.1 Å². The predicted octanol–water partition coefficient (Wildman–Crippen LogP) is 4.79. The Morgan fingerprint density at radius 1 is 0.895 bits per heavy atom. The van der Waals surface area contributed by atoms with Gasteiger partial charge in [-0.1, -0.05) is 12.1 Å². The van der Waals surface area contributed by atoms with Gasteiger partial charge in [0.25, 0.3) is 0 Å². The van der Waals surface area contributed by atoms with Crippen LogP contribution < -0.4 is 11.5 Å². The highest BCUT2D eigenvalue weighted by Gasteiger charge is 2.17. The van der Waals surface area contributed by atoms with Crippen LogP contribution in [0.4, 0.5) is 34.1 Å². The van der Waals surface area contributed by atoms with E-state index in [0.29, 0.717) is 28.2 Å². The summed E-state index contributed by atoms with van der Waals surface area (Å²) in [6.45, 7) is 2.44. The first-order valence-corrected chi connectivity index (χ1v) is 13.9. The monoisotopic (exact) mass is 560 g/mol. The molecule has 0 radical (unpaired) electrons. The molecule has 0 saturated heterocycles. The van der Waals surface area contributed by atoms with Gasteiger partial charge in [0, 0.05) is 5.56 Å². The van der Waals surface area contributed by atoms with E-state index in [4.69, 9.17) is 16.0 Å². The summed E-state index contributed by atoms with van der Waals surface area (Å²) in [5.41, 5.74) is 15.0. The first-order valence-electron chi connectivity index (χ1n) is 10.8. The number of nitrogens with zero attached hydrogens (tertiary/aromatic N) is 4. The van der Waals surface area contributed by atoms with Crippen molar-refractivity contribution in [1.82, 2.24) is 0 Å². The molecule has 13 nitrogen and oxygen atoms in total. The molecule has 38 heavy (non-hydrogen) atoms. The quantitative estimate of drug-likeness (QED) is 0.134. The molecule has 0 aliphatic rings. The average Bonchev–Trinajstić information content (AvgIpc) is 2.85. The van der Waals surface area contributed by atoms with Crippen molar-refractivity contribution in [3.05, 3.63) is 65.7 Å². The molecular weight excluding hydrogens is 536 g/mol. The normalized spacial score (nSPS) is 12.4. The maximum atomic E-state index is 12.3. The highest BCUT2D eigenvalue weighted by atomic mass is 32.3. The summed E-state index contributed by atoms with van der Waals surface area (Å²) >= 11 is 0. The Morgan fingerprint density at radius 3 is 2.18 bits per heavy atom. The summed E-state index contributed by atoms with van der Waals surface area (Å²) < 4.78 is 58.4. The van der Waals surface area contributed by atoms with Crippen LogP contribution in [-0.2, 0) is 24.4 Å². The molecule has 0 atom stereocenters. The topological polar surface area (TPSA) is 216 Å². The fourth-order valence-electron chi connectivity index (χ4n) is 3.10. The number of anilines is 2. The van der Waals surface area contributed by atoms with E-state index in [9.17, 15) is 21.6 Å². The van der Waals surface area contributed by atoms with E-state index < -0.39 is 32.6 Å². The number of nitrogen functional groups attached to an aromatic ring is 2. The molecule has 0 aliphatic carbocycles. The van der Waals surface area contributed by atoms with Crippen LogP contribution in [0.25, 0.3) is 0 Å². The summed E-state index contributed by atoms with van der Waals surface area (Å²) in [4.78, 5) is 11.5. The fourth-order valence-corrected chi connectivity index (χ4v) is 4.59. The van der Waals surface area contributed by atoms with E-state index in [-0.39, 0.29) is 27.7 Å². The Bertz CT molecular complexity index is 1640. The summed E-state index contributed by atoms with van der Waals surface area (Å²) in [6.07, 6.45) is 0. The van der Waals surface area contributed by atoms with Crippen molar-refractivity contribution in [2.75, 3.05) is 23.8 Å². The largest absolute Gasteiger partial charge is 0.397 e. The van der Waals surface area contributed by atoms with Gasteiger partial charge in [-0.25, -0.2) is 12.6 Å². The minimum Gasteiger partial charge on any atom is -0.397 e. The molecule has 0 spiro atoms. The minimum absolute atomic E-state index is 0.102. The van der Waals surface area contributed by atoms with E-state index in [1.54, 1.807) is 37.3 Å². The van der Waals surface area contributed by atoms with Crippen molar-refractivity contribution in [2.24, 2.45) is 20.5 Å². The second-order valence-electron chi connectivity index (χ2n) is 7.96. The van der Waals surface area contributed by atoms with Crippen LogP contribution in [0, 0.1) is 6.92 Å². The number of Topliss-reactive ketones (excluding diaryl/α,β-unsaturated/α-hetero) is 1. The number of hydrogen-bond donors (Lipinski definition) is 3. The molecule has 15 heteroatoms. The lowest BCUT2D eigenvalue weighted by molar-refractivity contribution is 0.101. The molecule has 0 saturated carbocycles. The number of carbonyl (C=O) groups excluding carboxylic acids is 1. The number of rotatable bonds is 10. The number of ketones is 1. The van der Waals surface area contributed by atoms with Crippen LogP contribution in [-0.4, -0.2) is 39.5 Å². The number of aryl methyl sites for hydroxylation is 1. The SMILES string of the molecule is CC(=O)c1cccc(N=Nc2c(N)c(C)cc(N=Nc3ccc(S(=O)(=O)CCOS(=O)(=O)O)cc3)c2N)c1. The van der Waals surface area contributed by atoms with Gasteiger partial charge in [-0.3, -0.25) is 9.35 Å². The second kappa shape index (κ2) is 11.6. The Kier molecular flexibility index (Phi) is 8.67. The van der Waals surface area contributed by atoms with E-state index in [1.807, 2.05) is 0 Å². The van der Waals surface area contributed by atoms with Crippen LogP contribution >= 0.6 is 0 Å². The van der Waals surface area contributed by atoms with Crippen LogP contribution in [0.3, 0.4) is 0 Å². The maximum absolute atomic E-state index is 12.3. The predicted molar refractivity (Wildman–Crippen MR) is 141 cm³/mol. The molecule has 3 rings (SSSR count). The van der Waals surface area contributed by atoms with E-state index >= 15 is 0 Å². The first kappa shape index (κ1) is 28.5. The van der Waals surface area contributed by atoms with Crippen LogP contribution in [0.1, 0.15) is 22.8 Å². The lowest BCUT2D eigenvalue weighted by atomic mass is 10.1. The van der Waals surface area contributed by atoms with E-state index in [0.717, 1.165) is 0 Å². The van der Waals surface area contributed by atoms with Gasteiger partial charge in [-0.05, 0) is 61.9 Å². The van der Waals surface area contributed by atoms with Gasteiger partial charge in [-0.15, -0.1) is 10.2 Å². The maximum Gasteiger partial charge on any atom is 0.397 e. The molecule has 3 aromatic carbocycles. The molecule has 0 amide bonds. The summed E-state index contributed by atoms with van der Waals surface area (Å²) in [5, 5.41) is 16.5. The van der Waals surface area contributed by atoms with Crippen molar-refractivity contribution in [3.63, 3.8) is 0 Å². The van der Waals surface area contributed by atoms with E-state index in [2.05, 4.69) is 24.6 Å². The molecule has 0 fully saturated rings. The Balaban J connectivity index is 1.82. The van der Waals surface area contributed by atoms with Crippen LogP contribution in [0.2, 0.25) is 0 Å². The number of hydrogen-bond acceptors (Lipinski definition) is 12. The zero-order chi connectivity index (χ0) is 28.1. The number of nitrogens with two attached hydrogens (primary N) is 2. The van der Waals surface area contributed by atoms with Gasteiger partial charge in [0.2, 0.25) is 0 Å². The number of azo groups is 2. The molecule has 0 bridgehead atoms. The van der Waals surface area contributed by atoms with Crippen molar-refractivity contribution in [1.29, 1.82) is 0 Å². The first-order chi connectivity index (χ1) is 17.8. The molecule has 5 N–H and O–H groups in total. The fraction of sp³-hybridized carbons (Fsp3) is 0.174. The lowest BCUT2D eigenvalue weighted by Gasteiger charge is -2.09. The minimum atomic E-state index is -4.74. The summed E-state index contributed by atoms with van der Waals surface area (Å²) in [5.74, 6) is -0.776. The standard InChI is InChI=1S/C23H24N6O7S2/c1-14-12-20(22(25)23(21(14)24)29-27-18-5-3-4-16(13-18)15(2)30)28-26-17-6-8-19(9-7-17)37(31,32)11-10-36-38(33,34)35/h3-9,12-13H,10-11,24-25H2,1-2H3,(H,33,34,35). The second-order valence-corrected chi connectivity index (χ2v) is 11.2. The third-order valence-electron chi connectivity index (χ3n) is 5.14. The third kappa shape index (κ3) is 7.48. The van der Waals surface area contributed by atoms with Gasteiger partial charge in [0.05, 0.1) is 40.0 Å². The molecule has 3 aromatic rings. The highest BCUT2D eigenvalue weighted by molar-refractivity contribution is 7.91. The van der Waals surface area contributed by atoms with Crippen molar-refractivity contribution in [2.45, 2.75) is 18.7 Å². The number of carbonyl (C=O) groups is 1. The zero-order valence-corrected chi connectivity index (χ0v) is 21.9. The molecule has 0 unspecified atom stereocenters. The van der Waals surface area contributed by atoms with E-state index in [1.165, 1.54) is 31.2 Å². The summed E-state index contributed by atoms with van der Waals surface area (Å²) in [6, 6.07) is 13.5. The molecular formula is C23H24N6O7S2. The smallest absolute Gasteiger partial charge is 0.397 e. The van der Waals surface area contributed by atoms with Crippen LogP contribution in [0.15, 0.2) is 79.9 Å². The third-order valence-corrected chi connectivity index (χ3v) is 7.29. The average molecular weight is 561 g/mol. The molecule has 200 valence electrons. The Labute approximate surface area is 219 Å². The lowest BCUT2D eigenvalue weighted by Crippen LogP contribution is -2.15. The highest BCUT2D eigenvalue weighted by Crippen LogP contribution is 2.41. The number of benzene rings is 3. The van der Waals surface area contributed by atoms with Gasteiger partial charge >= 0.3 is 10.4 Å². The molecule has 0 aliphatic heterocycles.